The molecule has 7 heteroatoms. The van der Waals surface area contributed by atoms with Crippen LogP contribution in [0.3, 0.4) is 0 Å². The molecule has 27 heavy (non-hydrogen) atoms. The number of likely N-dealkylation sites (tertiary alicyclic amines) is 1. The lowest BCUT2D eigenvalue weighted by atomic mass is 9.97. The highest BCUT2D eigenvalue weighted by atomic mass is 32.2. The number of piperidine rings is 1. The highest BCUT2D eigenvalue weighted by molar-refractivity contribution is 7.88. The monoisotopic (exact) mass is 393 g/mol. The predicted molar refractivity (Wildman–Crippen MR) is 108 cm³/mol. The van der Waals surface area contributed by atoms with E-state index in [1.165, 1.54) is 55.0 Å². The van der Waals surface area contributed by atoms with Gasteiger partial charge in [-0.25, -0.2) is 12.7 Å². The van der Waals surface area contributed by atoms with Crippen molar-refractivity contribution >= 4 is 21.6 Å². The van der Waals surface area contributed by atoms with Crippen LogP contribution in [0.1, 0.15) is 37.7 Å². The van der Waals surface area contributed by atoms with E-state index in [4.69, 9.17) is 0 Å². The molecule has 6 nitrogen and oxygen atoms in total. The molecule has 0 unspecified atom stereocenters. The van der Waals surface area contributed by atoms with Gasteiger partial charge in [0, 0.05) is 24.7 Å². The van der Waals surface area contributed by atoms with Gasteiger partial charge in [0.15, 0.2) is 0 Å². The van der Waals surface area contributed by atoms with Gasteiger partial charge in [-0.05, 0) is 75.9 Å². The van der Waals surface area contributed by atoms with Gasteiger partial charge >= 0.3 is 0 Å². The van der Waals surface area contributed by atoms with Crippen LogP contribution in [0.2, 0.25) is 0 Å². The van der Waals surface area contributed by atoms with Gasteiger partial charge in [-0.2, -0.15) is 0 Å². The van der Waals surface area contributed by atoms with Gasteiger partial charge in [0.25, 0.3) is 0 Å². The summed E-state index contributed by atoms with van der Waals surface area (Å²) in [6.45, 7) is 4.51. The smallest absolute Gasteiger partial charge is 0.227 e. The number of carbonyl (C=O) groups excluding carboxylic acids is 1. The fourth-order valence-electron chi connectivity index (χ4n) is 3.96. The second-order valence-corrected chi connectivity index (χ2v) is 9.76. The fourth-order valence-corrected chi connectivity index (χ4v) is 4.84. The van der Waals surface area contributed by atoms with Crippen molar-refractivity contribution in [3.05, 3.63) is 29.8 Å². The number of carbonyl (C=O) groups is 1. The minimum atomic E-state index is -3.15. The Hall–Kier alpha value is -1.44. The van der Waals surface area contributed by atoms with Crippen molar-refractivity contribution in [2.24, 2.45) is 5.92 Å². The zero-order chi connectivity index (χ0) is 19.3. The average Bonchev–Trinajstić information content (AvgIpc) is 3.16. The standard InChI is InChI=1S/C20H31N3O3S/c1-27(25,26)23-15-10-18(11-16-23)20(24)21-19-8-6-17(7-9-19)5-4-14-22-12-2-3-13-22/h6-9,18H,2-5,10-16H2,1H3,(H,21,24). The van der Waals surface area contributed by atoms with Crippen LogP contribution in [-0.4, -0.2) is 62.5 Å². The molecule has 0 bridgehead atoms. The quantitative estimate of drug-likeness (QED) is 0.772. The molecular formula is C20H31N3O3S. The molecule has 1 amide bonds. The third-order valence-electron chi connectivity index (χ3n) is 5.65. The first-order chi connectivity index (χ1) is 12.9. The Bertz CT molecular complexity index is 719. The molecule has 2 fully saturated rings. The maximum atomic E-state index is 12.4. The molecule has 0 saturated carbocycles. The number of rotatable bonds is 7. The van der Waals surface area contributed by atoms with Gasteiger partial charge in [-0.15, -0.1) is 0 Å². The van der Waals surface area contributed by atoms with Crippen molar-refractivity contribution in [3.63, 3.8) is 0 Å². The van der Waals surface area contributed by atoms with E-state index < -0.39 is 10.0 Å². The summed E-state index contributed by atoms with van der Waals surface area (Å²) in [6, 6.07) is 8.11. The summed E-state index contributed by atoms with van der Waals surface area (Å²) in [6.07, 6.45) is 7.28. The Morgan fingerprint density at radius 1 is 1.07 bits per heavy atom. The number of aryl methyl sites for hydroxylation is 1. The van der Waals surface area contributed by atoms with Gasteiger partial charge < -0.3 is 10.2 Å². The van der Waals surface area contributed by atoms with E-state index in [0.29, 0.717) is 25.9 Å². The van der Waals surface area contributed by atoms with Crippen molar-refractivity contribution in [1.82, 2.24) is 9.21 Å². The molecule has 0 atom stereocenters. The SMILES string of the molecule is CS(=O)(=O)N1CCC(C(=O)Nc2ccc(CCCN3CCCC3)cc2)CC1. The molecular weight excluding hydrogens is 362 g/mol. The molecule has 1 aromatic rings. The van der Waals surface area contributed by atoms with Crippen molar-refractivity contribution in [1.29, 1.82) is 0 Å². The van der Waals surface area contributed by atoms with E-state index in [0.717, 1.165) is 12.1 Å². The molecule has 2 heterocycles. The maximum Gasteiger partial charge on any atom is 0.227 e. The molecule has 150 valence electrons. The summed E-state index contributed by atoms with van der Waals surface area (Å²) < 4.78 is 24.6. The van der Waals surface area contributed by atoms with Gasteiger partial charge in [-0.3, -0.25) is 4.79 Å². The van der Waals surface area contributed by atoms with Crippen molar-refractivity contribution in [3.8, 4) is 0 Å². The molecule has 1 aromatic carbocycles. The Morgan fingerprint density at radius 3 is 2.30 bits per heavy atom. The third-order valence-corrected chi connectivity index (χ3v) is 6.96. The zero-order valence-electron chi connectivity index (χ0n) is 16.2. The van der Waals surface area contributed by atoms with E-state index in [1.807, 2.05) is 12.1 Å². The van der Waals surface area contributed by atoms with Crippen LogP contribution in [0.4, 0.5) is 5.69 Å². The summed E-state index contributed by atoms with van der Waals surface area (Å²) >= 11 is 0. The summed E-state index contributed by atoms with van der Waals surface area (Å²) in [7, 11) is -3.15. The lowest BCUT2D eigenvalue weighted by Gasteiger charge is -2.29. The largest absolute Gasteiger partial charge is 0.326 e. The second kappa shape index (κ2) is 9.17. The van der Waals surface area contributed by atoms with Crippen LogP contribution in [0.25, 0.3) is 0 Å². The Kier molecular flexibility index (Phi) is 6.89. The number of amides is 1. The average molecular weight is 394 g/mol. The summed E-state index contributed by atoms with van der Waals surface area (Å²) in [5, 5.41) is 2.98. The first-order valence-electron chi connectivity index (χ1n) is 9.99. The van der Waals surface area contributed by atoms with E-state index in [-0.39, 0.29) is 11.8 Å². The molecule has 2 aliphatic rings. The topological polar surface area (TPSA) is 69.7 Å². The van der Waals surface area contributed by atoms with Gasteiger partial charge in [0.1, 0.15) is 0 Å². The number of hydrogen-bond acceptors (Lipinski definition) is 4. The first-order valence-corrected chi connectivity index (χ1v) is 11.8. The third kappa shape index (κ3) is 6.02. The van der Waals surface area contributed by atoms with Crippen LogP contribution >= 0.6 is 0 Å². The molecule has 0 spiro atoms. The first kappa shape index (κ1) is 20.3. The predicted octanol–water partition coefficient (Wildman–Crippen LogP) is 2.33. The molecule has 2 saturated heterocycles. The second-order valence-electron chi connectivity index (χ2n) is 7.77. The zero-order valence-corrected chi connectivity index (χ0v) is 17.0. The number of nitrogens with one attached hydrogen (secondary N) is 1. The van der Waals surface area contributed by atoms with E-state index in [1.54, 1.807) is 0 Å². The van der Waals surface area contributed by atoms with E-state index in [2.05, 4.69) is 22.3 Å². The Labute approximate surface area is 163 Å². The summed E-state index contributed by atoms with van der Waals surface area (Å²) in [5.41, 5.74) is 2.11. The Balaban J connectivity index is 1.42. The lowest BCUT2D eigenvalue weighted by Crippen LogP contribution is -2.40. The number of sulfonamides is 1. The molecule has 3 rings (SSSR count). The maximum absolute atomic E-state index is 12.4. The van der Waals surface area contributed by atoms with Crippen LogP contribution in [0.5, 0.6) is 0 Å². The van der Waals surface area contributed by atoms with Gasteiger partial charge in [0.05, 0.1) is 6.26 Å². The molecule has 1 N–H and O–H groups in total. The minimum absolute atomic E-state index is 0.00932. The molecule has 2 aliphatic heterocycles. The molecule has 0 radical (unpaired) electrons. The normalized spacial score (nSPS) is 20.0. The fraction of sp³-hybridized carbons (Fsp3) is 0.650. The lowest BCUT2D eigenvalue weighted by molar-refractivity contribution is -0.120. The van der Waals surface area contributed by atoms with Crippen LogP contribution in [0.15, 0.2) is 24.3 Å². The minimum Gasteiger partial charge on any atom is -0.326 e. The van der Waals surface area contributed by atoms with Crippen LogP contribution in [-0.2, 0) is 21.2 Å². The van der Waals surface area contributed by atoms with E-state index in [9.17, 15) is 13.2 Å². The van der Waals surface area contributed by atoms with Crippen LogP contribution in [0, 0.1) is 5.92 Å². The van der Waals surface area contributed by atoms with Crippen LogP contribution < -0.4 is 5.32 Å². The Morgan fingerprint density at radius 2 is 1.70 bits per heavy atom. The van der Waals surface area contributed by atoms with Crippen molar-refractivity contribution in [2.45, 2.75) is 38.5 Å². The van der Waals surface area contributed by atoms with E-state index >= 15 is 0 Å². The number of anilines is 1. The molecule has 0 aromatic heterocycles. The molecule has 0 aliphatic carbocycles. The van der Waals surface area contributed by atoms with Crippen molar-refractivity contribution in [2.75, 3.05) is 44.3 Å². The summed E-state index contributed by atoms with van der Waals surface area (Å²) in [5.74, 6) is -0.131. The number of hydrogen-bond donors (Lipinski definition) is 1. The number of nitrogens with zero attached hydrogens (tertiary/aromatic N) is 2. The van der Waals surface area contributed by atoms with Gasteiger partial charge in [0.2, 0.25) is 15.9 Å². The summed E-state index contributed by atoms with van der Waals surface area (Å²) in [4.78, 5) is 15.0. The van der Waals surface area contributed by atoms with Gasteiger partial charge in [-0.1, -0.05) is 12.1 Å². The van der Waals surface area contributed by atoms with Crippen molar-refractivity contribution < 1.29 is 13.2 Å². The highest BCUT2D eigenvalue weighted by Crippen LogP contribution is 2.21. The number of benzene rings is 1. The highest BCUT2D eigenvalue weighted by Gasteiger charge is 2.28.